The number of aliphatic imine (C=N–C) groups is 1. The molecule has 1 aromatic rings. The summed E-state index contributed by atoms with van der Waals surface area (Å²) in [5, 5.41) is 6.85. The van der Waals surface area contributed by atoms with E-state index in [2.05, 4.69) is 57.7 Å². The average molecular weight is 536 g/mol. The van der Waals surface area contributed by atoms with Crippen molar-refractivity contribution in [3.05, 3.63) is 24.3 Å². The summed E-state index contributed by atoms with van der Waals surface area (Å²) in [4.78, 5) is 9.32. The standard InChI is InChI=1S/C21H37N5OS.HI/c1-21(2,28-5)17-24-20(22-3)23-11-6-12-25-13-15-26(16-14-25)18-7-9-19(27-4)10-8-18;/h7-10H,6,11-17H2,1-5H3,(H2,22,23,24);1H. The van der Waals surface area contributed by atoms with Crippen LogP contribution in [-0.4, -0.2) is 81.8 Å². The van der Waals surface area contributed by atoms with Gasteiger partial charge < -0.3 is 20.3 Å². The highest BCUT2D eigenvalue weighted by atomic mass is 127. The number of guanidine groups is 1. The third kappa shape index (κ3) is 9.21. The molecule has 1 fully saturated rings. The van der Waals surface area contributed by atoms with Crippen LogP contribution in [-0.2, 0) is 0 Å². The summed E-state index contributed by atoms with van der Waals surface area (Å²) < 4.78 is 5.45. The van der Waals surface area contributed by atoms with Crippen LogP contribution in [0, 0.1) is 0 Å². The quantitative estimate of drug-likeness (QED) is 0.220. The normalized spacial score (nSPS) is 15.6. The van der Waals surface area contributed by atoms with Gasteiger partial charge in [0.25, 0.3) is 0 Å². The molecule has 6 nitrogen and oxygen atoms in total. The molecule has 1 heterocycles. The van der Waals surface area contributed by atoms with E-state index in [-0.39, 0.29) is 28.7 Å². The van der Waals surface area contributed by atoms with Crippen LogP contribution in [0.1, 0.15) is 20.3 Å². The first kappa shape index (κ1) is 26.2. The summed E-state index contributed by atoms with van der Waals surface area (Å²) in [7, 11) is 3.54. The Hall–Kier alpha value is -0.870. The van der Waals surface area contributed by atoms with Gasteiger partial charge in [0.15, 0.2) is 5.96 Å². The number of anilines is 1. The molecule has 1 saturated heterocycles. The molecule has 29 heavy (non-hydrogen) atoms. The highest BCUT2D eigenvalue weighted by molar-refractivity contribution is 14.0. The molecule has 2 rings (SSSR count). The first-order valence-corrected chi connectivity index (χ1v) is 11.3. The molecule has 0 radical (unpaired) electrons. The van der Waals surface area contributed by atoms with Gasteiger partial charge in [-0.3, -0.25) is 9.89 Å². The Kier molecular flexibility index (Phi) is 12.1. The van der Waals surface area contributed by atoms with Crippen LogP contribution in [0.25, 0.3) is 0 Å². The van der Waals surface area contributed by atoms with Crippen LogP contribution >= 0.6 is 35.7 Å². The number of thioether (sulfide) groups is 1. The molecule has 166 valence electrons. The molecule has 2 N–H and O–H groups in total. The Morgan fingerprint density at radius 3 is 2.34 bits per heavy atom. The van der Waals surface area contributed by atoms with Gasteiger partial charge in [0.2, 0.25) is 0 Å². The molecular formula is C21H38IN5OS. The summed E-state index contributed by atoms with van der Waals surface area (Å²) in [6.45, 7) is 11.8. The van der Waals surface area contributed by atoms with Gasteiger partial charge >= 0.3 is 0 Å². The van der Waals surface area contributed by atoms with Crippen molar-refractivity contribution in [2.24, 2.45) is 4.99 Å². The number of nitrogens with one attached hydrogen (secondary N) is 2. The predicted octanol–water partition coefficient (Wildman–Crippen LogP) is 3.13. The van der Waals surface area contributed by atoms with Gasteiger partial charge in [-0.1, -0.05) is 0 Å². The van der Waals surface area contributed by atoms with E-state index in [1.807, 2.05) is 30.9 Å². The van der Waals surface area contributed by atoms with E-state index in [9.17, 15) is 0 Å². The molecule has 1 aliphatic rings. The molecule has 0 amide bonds. The minimum absolute atomic E-state index is 0. The van der Waals surface area contributed by atoms with E-state index in [1.165, 1.54) is 5.69 Å². The van der Waals surface area contributed by atoms with Crippen molar-refractivity contribution in [3.8, 4) is 5.75 Å². The lowest BCUT2D eigenvalue weighted by molar-refractivity contribution is 0.255. The number of piperazine rings is 1. The van der Waals surface area contributed by atoms with Crippen molar-refractivity contribution in [2.75, 3.05) is 71.1 Å². The predicted molar refractivity (Wildman–Crippen MR) is 139 cm³/mol. The van der Waals surface area contributed by atoms with E-state index in [0.29, 0.717) is 0 Å². The lowest BCUT2D eigenvalue weighted by Gasteiger charge is -2.36. The monoisotopic (exact) mass is 535 g/mol. The van der Waals surface area contributed by atoms with E-state index >= 15 is 0 Å². The first-order chi connectivity index (χ1) is 13.5. The Morgan fingerprint density at radius 2 is 1.79 bits per heavy atom. The van der Waals surface area contributed by atoms with Crippen molar-refractivity contribution >= 4 is 47.4 Å². The van der Waals surface area contributed by atoms with Gasteiger partial charge in [-0.25, -0.2) is 0 Å². The van der Waals surface area contributed by atoms with Gasteiger partial charge in [0.05, 0.1) is 7.11 Å². The van der Waals surface area contributed by atoms with Crippen molar-refractivity contribution in [1.82, 2.24) is 15.5 Å². The van der Waals surface area contributed by atoms with Crippen LogP contribution in [0.4, 0.5) is 5.69 Å². The van der Waals surface area contributed by atoms with Crippen LogP contribution in [0.5, 0.6) is 5.75 Å². The second-order valence-electron chi connectivity index (χ2n) is 7.70. The lowest BCUT2D eigenvalue weighted by atomic mass is 10.2. The van der Waals surface area contributed by atoms with E-state index < -0.39 is 0 Å². The summed E-state index contributed by atoms with van der Waals surface area (Å²) in [5.41, 5.74) is 1.28. The first-order valence-electron chi connectivity index (χ1n) is 10.1. The molecule has 1 aromatic carbocycles. The Labute approximate surface area is 198 Å². The average Bonchev–Trinajstić information content (AvgIpc) is 2.73. The number of nitrogens with zero attached hydrogens (tertiary/aromatic N) is 3. The minimum Gasteiger partial charge on any atom is -0.497 e. The summed E-state index contributed by atoms with van der Waals surface area (Å²) >= 11 is 1.86. The third-order valence-corrected chi connectivity index (χ3v) is 6.46. The maximum atomic E-state index is 5.24. The van der Waals surface area contributed by atoms with Gasteiger partial charge in [-0.2, -0.15) is 11.8 Å². The van der Waals surface area contributed by atoms with E-state index in [0.717, 1.165) is 63.9 Å². The molecule has 0 aliphatic carbocycles. The fourth-order valence-electron chi connectivity index (χ4n) is 3.12. The second kappa shape index (κ2) is 13.4. The molecule has 8 heteroatoms. The zero-order valence-electron chi connectivity index (χ0n) is 18.5. The third-order valence-electron chi connectivity index (χ3n) is 5.21. The SMILES string of the molecule is CN=C(NCCCN1CCN(c2ccc(OC)cc2)CC1)NCC(C)(C)SC.I. The molecule has 0 aromatic heterocycles. The minimum atomic E-state index is 0. The highest BCUT2D eigenvalue weighted by Crippen LogP contribution is 2.21. The van der Waals surface area contributed by atoms with Gasteiger partial charge in [0.1, 0.15) is 5.75 Å². The fraction of sp³-hybridized carbons (Fsp3) is 0.667. The van der Waals surface area contributed by atoms with Crippen LogP contribution in [0.3, 0.4) is 0 Å². The number of halogens is 1. The van der Waals surface area contributed by atoms with Crippen LogP contribution < -0.4 is 20.3 Å². The lowest BCUT2D eigenvalue weighted by Crippen LogP contribution is -2.47. The fourth-order valence-corrected chi connectivity index (χ4v) is 3.34. The molecular weight excluding hydrogens is 497 g/mol. The molecule has 0 atom stereocenters. The molecule has 0 bridgehead atoms. The van der Waals surface area contributed by atoms with Crippen molar-refractivity contribution < 1.29 is 4.74 Å². The second-order valence-corrected chi connectivity index (χ2v) is 9.21. The topological polar surface area (TPSA) is 52.1 Å². The number of ether oxygens (including phenoxy) is 1. The van der Waals surface area contributed by atoms with E-state index in [1.54, 1.807) is 7.11 Å². The van der Waals surface area contributed by atoms with E-state index in [4.69, 9.17) is 4.74 Å². The summed E-state index contributed by atoms with van der Waals surface area (Å²) in [6.07, 6.45) is 3.27. The Bertz CT molecular complexity index is 604. The largest absolute Gasteiger partial charge is 0.497 e. The maximum Gasteiger partial charge on any atom is 0.191 e. The number of hydrogen-bond acceptors (Lipinski definition) is 5. The number of rotatable bonds is 9. The Morgan fingerprint density at radius 1 is 1.14 bits per heavy atom. The van der Waals surface area contributed by atoms with Crippen molar-refractivity contribution in [3.63, 3.8) is 0 Å². The molecule has 0 unspecified atom stereocenters. The smallest absolute Gasteiger partial charge is 0.191 e. The van der Waals surface area contributed by atoms with Crippen LogP contribution in [0.2, 0.25) is 0 Å². The van der Waals surface area contributed by atoms with Gasteiger partial charge in [-0.15, -0.1) is 24.0 Å². The molecule has 0 saturated carbocycles. The number of hydrogen-bond donors (Lipinski definition) is 2. The number of benzene rings is 1. The summed E-state index contributed by atoms with van der Waals surface area (Å²) in [6, 6.07) is 8.37. The highest BCUT2D eigenvalue weighted by Gasteiger charge is 2.17. The number of methoxy groups -OCH3 is 1. The Balaban J connectivity index is 0.00000420. The summed E-state index contributed by atoms with van der Waals surface area (Å²) in [5.74, 6) is 1.81. The van der Waals surface area contributed by atoms with Crippen molar-refractivity contribution in [2.45, 2.75) is 25.0 Å². The zero-order valence-corrected chi connectivity index (χ0v) is 21.7. The van der Waals surface area contributed by atoms with Gasteiger partial charge in [0, 0.05) is 56.8 Å². The maximum absolute atomic E-state index is 5.24. The van der Waals surface area contributed by atoms with Crippen molar-refractivity contribution in [1.29, 1.82) is 0 Å². The molecule has 1 aliphatic heterocycles. The van der Waals surface area contributed by atoms with Gasteiger partial charge in [-0.05, 0) is 57.3 Å². The molecule has 0 spiro atoms. The zero-order chi connectivity index (χ0) is 20.4. The van der Waals surface area contributed by atoms with Crippen LogP contribution in [0.15, 0.2) is 29.3 Å².